The second kappa shape index (κ2) is 6.36. The van der Waals surface area contributed by atoms with Crippen molar-refractivity contribution in [2.75, 3.05) is 18.5 Å². The zero-order valence-corrected chi connectivity index (χ0v) is 13.7. The number of benzene rings is 1. The van der Waals surface area contributed by atoms with Gasteiger partial charge in [0.2, 0.25) is 0 Å². The van der Waals surface area contributed by atoms with E-state index in [0.29, 0.717) is 0 Å². The first-order chi connectivity index (χ1) is 8.37. The zero-order valence-electron chi connectivity index (χ0n) is 11.2. The molecule has 2 nitrogen and oxygen atoms in total. The standard InChI is InChI=1S/C13H21ClO2PS/c1-4-17(5-2,6-3)11-12-7-9-13(10-8-12)18(14,15)16/h7-10H,4-6,11H2,1-3H3/q+1. The summed E-state index contributed by atoms with van der Waals surface area (Å²) in [4.78, 5) is 0.182. The summed E-state index contributed by atoms with van der Waals surface area (Å²) in [7, 11) is 0.807. The van der Waals surface area contributed by atoms with Gasteiger partial charge in [-0.25, -0.2) is 8.42 Å². The minimum atomic E-state index is -3.60. The average molecular weight is 308 g/mol. The lowest BCUT2D eigenvalue weighted by Crippen LogP contribution is -2.06. The lowest BCUT2D eigenvalue weighted by Gasteiger charge is -2.23. The first kappa shape index (κ1) is 15.9. The van der Waals surface area contributed by atoms with Gasteiger partial charge in [-0.3, -0.25) is 0 Å². The van der Waals surface area contributed by atoms with Gasteiger partial charge in [-0.15, -0.1) is 0 Å². The second-order valence-corrected chi connectivity index (χ2v) is 12.0. The normalized spacial score (nSPS) is 12.7. The van der Waals surface area contributed by atoms with Crippen molar-refractivity contribution >= 4 is 27.0 Å². The third-order valence-corrected chi connectivity index (χ3v) is 10.2. The van der Waals surface area contributed by atoms with Crippen molar-refractivity contribution in [1.82, 2.24) is 0 Å². The number of hydrogen-bond acceptors (Lipinski definition) is 2. The first-order valence-corrected chi connectivity index (χ1v) is 11.1. The molecule has 0 saturated carbocycles. The minimum Gasteiger partial charge on any atom is -0.207 e. The molecule has 0 saturated heterocycles. The van der Waals surface area contributed by atoms with E-state index in [1.54, 1.807) is 12.1 Å². The predicted octanol–water partition coefficient (Wildman–Crippen LogP) is 4.19. The van der Waals surface area contributed by atoms with Crippen molar-refractivity contribution in [2.24, 2.45) is 0 Å². The van der Waals surface area contributed by atoms with Crippen molar-refractivity contribution in [2.45, 2.75) is 31.8 Å². The molecule has 0 heterocycles. The lowest BCUT2D eigenvalue weighted by atomic mass is 10.2. The third-order valence-electron chi connectivity index (χ3n) is 3.74. The van der Waals surface area contributed by atoms with Gasteiger partial charge < -0.3 is 0 Å². The summed E-state index contributed by atoms with van der Waals surface area (Å²) in [6, 6.07) is 7.00. The monoisotopic (exact) mass is 307 g/mol. The molecule has 0 radical (unpaired) electrons. The summed E-state index contributed by atoms with van der Waals surface area (Å²) in [6.07, 6.45) is 4.83. The Morgan fingerprint density at radius 1 is 1.00 bits per heavy atom. The van der Waals surface area contributed by atoms with Gasteiger partial charge in [0, 0.05) is 17.9 Å². The van der Waals surface area contributed by atoms with Crippen LogP contribution in [0, 0.1) is 0 Å². The summed E-state index contributed by atoms with van der Waals surface area (Å²) in [5, 5.41) is 0. The van der Waals surface area contributed by atoms with Gasteiger partial charge in [-0.2, -0.15) is 0 Å². The van der Waals surface area contributed by atoms with E-state index in [-0.39, 0.29) is 4.90 Å². The highest BCUT2D eigenvalue weighted by atomic mass is 35.7. The zero-order chi connectivity index (χ0) is 13.8. The van der Waals surface area contributed by atoms with Gasteiger partial charge in [-0.1, -0.05) is 12.1 Å². The van der Waals surface area contributed by atoms with Gasteiger partial charge in [0.1, 0.15) is 0 Å². The Bertz CT molecular complexity index is 470. The van der Waals surface area contributed by atoms with Crippen LogP contribution >= 0.6 is 17.9 Å². The Morgan fingerprint density at radius 2 is 1.44 bits per heavy atom. The SMILES string of the molecule is CC[P+](CC)(CC)Cc1ccc(S(=O)(=O)Cl)cc1. The fourth-order valence-electron chi connectivity index (χ4n) is 2.15. The van der Waals surface area contributed by atoms with E-state index in [0.717, 1.165) is 6.16 Å². The number of halogens is 1. The van der Waals surface area contributed by atoms with E-state index in [1.165, 1.54) is 24.0 Å². The maximum atomic E-state index is 11.2. The summed E-state index contributed by atoms with van der Waals surface area (Å²) in [6.45, 7) is 6.79. The summed E-state index contributed by atoms with van der Waals surface area (Å²) < 4.78 is 22.3. The molecule has 0 atom stereocenters. The molecule has 0 aliphatic rings. The van der Waals surface area contributed by atoms with Crippen LogP contribution in [0.5, 0.6) is 0 Å². The summed E-state index contributed by atoms with van der Waals surface area (Å²) >= 11 is 0. The molecule has 1 rings (SSSR count). The van der Waals surface area contributed by atoms with Crippen LogP contribution in [-0.2, 0) is 15.2 Å². The molecule has 0 aliphatic carbocycles. The topological polar surface area (TPSA) is 34.1 Å². The molecule has 0 fully saturated rings. The Hall–Kier alpha value is -0.110. The highest BCUT2D eigenvalue weighted by Gasteiger charge is 2.31. The number of rotatable bonds is 6. The molecule has 102 valence electrons. The van der Waals surface area contributed by atoms with Crippen molar-refractivity contribution in [3.8, 4) is 0 Å². The summed E-state index contributed by atoms with van der Waals surface area (Å²) in [5.74, 6) is 0. The van der Waals surface area contributed by atoms with Gasteiger partial charge >= 0.3 is 0 Å². The van der Waals surface area contributed by atoms with Gasteiger partial charge in [0.15, 0.2) is 0 Å². The average Bonchev–Trinajstić information content (AvgIpc) is 2.36. The Balaban J connectivity index is 2.93. The van der Waals surface area contributed by atoms with E-state index in [1.807, 2.05) is 12.1 Å². The third kappa shape index (κ3) is 3.94. The van der Waals surface area contributed by atoms with Gasteiger partial charge in [-0.05, 0) is 38.5 Å². The van der Waals surface area contributed by atoms with Crippen molar-refractivity contribution < 1.29 is 8.42 Å². The molecule has 0 unspecified atom stereocenters. The highest BCUT2D eigenvalue weighted by Crippen LogP contribution is 2.60. The van der Waals surface area contributed by atoms with E-state index in [9.17, 15) is 8.42 Å². The van der Waals surface area contributed by atoms with Crippen LogP contribution in [0.2, 0.25) is 0 Å². The predicted molar refractivity (Wildman–Crippen MR) is 81.7 cm³/mol. The van der Waals surface area contributed by atoms with Crippen LogP contribution in [0.1, 0.15) is 26.3 Å². The van der Waals surface area contributed by atoms with Crippen LogP contribution in [-0.4, -0.2) is 26.9 Å². The largest absolute Gasteiger partial charge is 0.261 e. The van der Waals surface area contributed by atoms with Crippen LogP contribution in [0.3, 0.4) is 0 Å². The fourth-order valence-corrected chi connectivity index (χ4v) is 5.92. The van der Waals surface area contributed by atoms with Crippen molar-refractivity contribution in [1.29, 1.82) is 0 Å². The van der Waals surface area contributed by atoms with E-state index < -0.39 is 16.3 Å². The molecular weight excluding hydrogens is 287 g/mol. The molecule has 0 aliphatic heterocycles. The molecule has 0 spiro atoms. The van der Waals surface area contributed by atoms with Crippen LogP contribution < -0.4 is 0 Å². The van der Waals surface area contributed by atoms with E-state index >= 15 is 0 Å². The quantitative estimate of drug-likeness (QED) is 0.583. The molecule has 0 aromatic heterocycles. The van der Waals surface area contributed by atoms with Crippen LogP contribution in [0.4, 0.5) is 0 Å². The highest BCUT2D eigenvalue weighted by molar-refractivity contribution is 8.13. The van der Waals surface area contributed by atoms with Crippen LogP contribution in [0.25, 0.3) is 0 Å². The summed E-state index contributed by atoms with van der Waals surface area (Å²) in [5.41, 5.74) is 1.22. The smallest absolute Gasteiger partial charge is 0.207 e. The molecule has 0 bridgehead atoms. The molecular formula is C13H21ClO2PS+. The van der Waals surface area contributed by atoms with Gasteiger partial charge in [0.25, 0.3) is 9.05 Å². The maximum Gasteiger partial charge on any atom is 0.261 e. The molecule has 5 heteroatoms. The van der Waals surface area contributed by atoms with Crippen LogP contribution in [0.15, 0.2) is 29.2 Å². The Morgan fingerprint density at radius 3 is 1.78 bits per heavy atom. The molecule has 1 aromatic rings. The Kier molecular flexibility index (Phi) is 5.64. The molecule has 1 aromatic carbocycles. The second-order valence-electron chi connectivity index (χ2n) is 4.53. The van der Waals surface area contributed by atoms with Crippen molar-refractivity contribution in [3.05, 3.63) is 29.8 Å². The minimum absolute atomic E-state index is 0.182. The molecule has 0 N–H and O–H groups in total. The lowest BCUT2D eigenvalue weighted by molar-refractivity contribution is 0.609. The number of hydrogen-bond donors (Lipinski definition) is 0. The Labute approximate surface area is 116 Å². The maximum absolute atomic E-state index is 11.2. The van der Waals surface area contributed by atoms with E-state index in [4.69, 9.17) is 10.7 Å². The molecule has 0 amide bonds. The van der Waals surface area contributed by atoms with Gasteiger partial charge in [0.05, 0.1) is 29.5 Å². The van der Waals surface area contributed by atoms with Crippen molar-refractivity contribution in [3.63, 3.8) is 0 Å². The van der Waals surface area contributed by atoms with E-state index in [2.05, 4.69) is 20.8 Å². The fraction of sp³-hybridized carbons (Fsp3) is 0.538. The molecule has 18 heavy (non-hydrogen) atoms. The first-order valence-electron chi connectivity index (χ1n) is 6.25.